The number of nitrogens with zero attached hydrogens (tertiary/aromatic N) is 4. The Morgan fingerprint density at radius 3 is 2.55 bits per heavy atom. The van der Waals surface area contributed by atoms with E-state index in [9.17, 15) is 4.79 Å². The number of carbonyl (C=O) groups is 1. The van der Waals surface area contributed by atoms with Crippen LogP contribution in [0.3, 0.4) is 0 Å². The highest BCUT2D eigenvalue weighted by Crippen LogP contribution is 2.36. The van der Waals surface area contributed by atoms with Gasteiger partial charge >= 0.3 is 0 Å². The van der Waals surface area contributed by atoms with Gasteiger partial charge in [-0.25, -0.2) is 0 Å². The first-order chi connectivity index (χ1) is 13.9. The summed E-state index contributed by atoms with van der Waals surface area (Å²) in [6, 6.07) is 0. The zero-order valence-electron chi connectivity index (χ0n) is 16.6. The number of oxime groups is 2. The van der Waals surface area contributed by atoms with E-state index in [0.717, 1.165) is 25.3 Å². The molecule has 2 heterocycles. The molecular weight excluding hydrogens is 376 g/mol. The van der Waals surface area contributed by atoms with Crippen molar-refractivity contribution in [3.05, 3.63) is 47.9 Å². The molecule has 0 fully saturated rings. The lowest BCUT2D eigenvalue weighted by atomic mass is 9.85. The second-order valence-corrected chi connectivity index (χ2v) is 6.42. The highest BCUT2D eigenvalue weighted by Gasteiger charge is 2.37. The monoisotopic (exact) mass is 400 g/mol. The molecule has 9 nitrogen and oxygen atoms in total. The maximum atomic E-state index is 12.8. The van der Waals surface area contributed by atoms with Crippen LogP contribution in [0.1, 0.15) is 51.7 Å². The molecule has 0 saturated heterocycles. The van der Waals surface area contributed by atoms with Crippen LogP contribution >= 0.6 is 0 Å². The minimum atomic E-state index is -0.470. The van der Waals surface area contributed by atoms with Crippen LogP contribution in [0.2, 0.25) is 0 Å². The molecule has 2 rings (SSSR count). The third-order valence-electron chi connectivity index (χ3n) is 4.79. The molecule has 0 unspecified atom stereocenters. The molecule has 0 aromatic carbocycles. The Balaban J connectivity index is 2.42. The molecule has 1 aromatic heterocycles. The van der Waals surface area contributed by atoms with E-state index < -0.39 is 5.60 Å². The molecule has 154 valence electrons. The number of aromatic nitrogens is 2. The molecule has 0 atom stereocenters. The average Bonchev–Trinajstić information content (AvgIpc) is 3.20. The predicted molar refractivity (Wildman–Crippen MR) is 108 cm³/mol. The molecular formula is C20H24N4O5. The minimum Gasteiger partial charge on any atom is -0.491 e. The first kappa shape index (κ1) is 21.8. The van der Waals surface area contributed by atoms with Crippen LogP contribution in [0.5, 0.6) is 0 Å². The molecule has 2 N–H and O–H groups in total. The average molecular weight is 400 g/mol. The van der Waals surface area contributed by atoms with E-state index in [1.807, 2.05) is 13.8 Å². The summed E-state index contributed by atoms with van der Waals surface area (Å²) in [4.78, 5) is 17.0. The van der Waals surface area contributed by atoms with Crippen molar-refractivity contribution in [2.24, 2.45) is 10.3 Å². The van der Waals surface area contributed by atoms with Gasteiger partial charge in [-0.2, -0.15) is 4.98 Å². The number of hydrogen-bond acceptors (Lipinski definition) is 9. The first-order valence-electron chi connectivity index (χ1n) is 9.10. The van der Waals surface area contributed by atoms with Crippen LogP contribution in [-0.2, 0) is 9.53 Å². The van der Waals surface area contributed by atoms with E-state index in [1.54, 1.807) is 13.0 Å². The molecule has 9 heteroatoms. The van der Waals surface area contributed by atoms with E-state index in [1.165, 1.54) is 12.2 Å². The molecule has 29 heavy (non-hydrogen) atoms. The minimum absolute atomic E-state index is 0.0244. The lowest BCUT2D eigenvalue weighted by Gasteiger charge is -2.36. The Morgan fingerprint density at radius 1 is 1.28 bits per heavy atom. The number of Topliss-reactive ketones (excluding diaryl/α,β-unsaturated/α-hetero) is 1. The van der Waals surface area contributed by atoms with Crippen LogP contribution in [0, 0.1) is 0 Å². The summed E-state index contributed by atoms with van der Waals surface area (Å²) in [6.45, 7) is 9.51. The fraction of sp³-hybridized carbons (Fsp3) is 0.350. The van der Waals surface area contributed by atoms with Gasteiger partial charge in [-0.1, -0.05) is 42.0 Å². The summed E-state index contributed by atoms with van der Waals surface area (Å²) in [7, 11) is 0. The zero-order chi connectivity index (χ0) is 21.4. The maximum Gasteiger partial charge on any atom is 0.258 e. The standard InChI is InChI=1S/C20H24N4O5/c1-5-14(10-16-13(4)28-20(6-2,7-3)11-17(16)25)19-23-18(24-29-19)15(12-22-27)8-9-21-26/h5,8-10,12,26-27H,1,6-7,11H2,2-4H3/b14-10+,15-8+,21-9?,22-12?. The highest BCUT2D eigenvalue weighted by molar-refractivity contribution is 6.12. The molecule has 0 amide bonds. The molecule has 0 saturated carbocycles. The quantitative estimate of drug-likeness (QED) is 0.294. The summed E-state index contributed by atoms with van der Waals surface area (Å²) in [5.74, 6) is 0.724. The van der Waals surface area contributed by atoms with Crippen molar-refractivity contribution in [3.8, 4) is 0 Å². The lowest BCUT2D eigenvalue weighted by Crippen LogP contribution is -2.37. The Labute approximate surface area is 168 Å². The largest absolute Gasteiger partial charge is 0.491 e. The van der Waals surface area contributed by atoms with Crippen molar-refractivity contribution in [2.45, 2.75) is 45.6 Å². The van der Waals surface area contributed by atoms with E-state index in [2.05, 4.69) is 27.0 Å². The van der Waals surface area contributed by atoms with Gasteiger partial charge in [-0.15, -0.1) is 0 Å². The van der Waals surface area contributed by atoms with Crippen LogP contribution in [0.4, 0.5) is 0 Å². The van der Waals surface area contributed by atoms with E-state index in [-0.39, 0.29) is 23.1 Å². The van der Waals surface area contributed by atoms with E-state index >= 15 is 0 Å². The van der Waals surface area contributed by atoms with Crippen molar-refractivity contribution >= 4 is 29.4 Å². The van der Waals surface area contributed by atoms with Gasteiger partial charge in [-0.05, 0) is 31.9 Å². The van der Waals surface area contributed by atoms with Gasteiger partial charge in [0.2, 0.25) is 5.82 Å². The molecule has 1 aliphatic heterocycles. The fourth-order valence-corrected chi connectivity index (χ4v) is 3.00. The van der Waals surface area contributed by atoms with Gasteiger partial charge in [0, 0.05) is 11.1 Å². The van der Waals surface area contributed by atoms with E-state index in [0.29, 0.717) is 23.3 Å². The Kier molecular flexibility index (Phi) is 7.24. The molecule has 1 aromatic rings. The fourth-order valence-electron chi connectivity index (χ4n) is 3.00. The highest BCUT2D eigenvalue weighted by atomic mass is 16.5. The van der Waals surface area contributed by atoms with Crippen molar-refractivity contribution in [1.82, 2.24) is 10.1 Å². The van der Waals surface area contributed by atoms with E-state index in [4.69, 9.17) is 19.7 Å². The van der Waals surface area contributed by atoms with Crippen molar-refractivity contribution in [3.63, 3.8) is 0 Å². The van der Waals surface area contributed by atoms with Crippen molar-refractivity contribution in [1.29, 1.82) is 0 Å². The van der Waals surface area contributed by atoms with Crippen LogP contribution < -0.4 is 0 Å². The van der Waals surface area contributed by atoms with Gasteiger partial charge in [0.05, 0.1) is 24.4 Å². The summed E-state index contributed by atoms with van der Waals surface area (Å²) in [6.07, 6.45) is 8.33. The SMILES string of the molecule is C=C/C(=C\C1=C(C)OC(CC)(CC)CC1=O)c1nc(/C(C=NO)=C/C=NO)no1. The third kappa shape index (κ3) is 4.87. The summed E-state index contributed by atoms with van der Waals surface area (Å²) in [5, 5.41) is 26.9. The third-order valence-corrected chi connectivity index (χ3v) is 4.79. The smallest absolute Gasteiger partial charge is 0.258 e. The predicted octanol–water partition coefficient (Wildman–Crippen LogP) is 3.76. The number of carbonyl (C=O) groups excluding carboxylic acids is 1. The van der Waals surface area contributed by atoms with Crippen molar-refractivity contribution < 1.29 is 24.5 Å². The number of allylic oxidation sites excluding steroid dienone is 7. The molecule has 0 aliphatic carbocycles. The van der Waals surface area contributed by atoms with Gasteiger partial charge in [0.25, 0.3) is 5.89 Å². The Bertz CT molecular complexity index is 917. The molecule has 0 spiro atoms. The summed E-state index contributed by atoms with van der Waals surface area (Å²) in [5.41, 5.74) is 0.637. The lowest BCUT2D eigenvalue weighted by molar-refractivity contribution is -0.125. The Morgan fingerprint density at radius 2 is 2.00 bits per heavy atom. The second kappa shape index (κ2) is 9.63. The summed E-state index contributed by atoms with van der Waals surface area (Å²) < 4.78 is 11.3. The second-order valence-electron chi connectivity index (χ2n) is 6.42. The topological polar surface area (TPSA) is 130 Å². The number of ketones is 1. The van der Waals surface area contributed by atoms with Gasteiger partial charge in [-0.3, -0.25) is 4.79 Å². The van der Waals surface area contributed by atoms with Gasteiger partial charge < -0.3 is 19.7 Å². The van der Waals surface area contributed by atoms with Gasteiger partial charge in [0.1, 0.15) is 11.4 Å². The maximum absolute atomic E-state index is 12.8. The molecule has 0 bridgehead atoms. The number of rotatable bonds is 8. The number of ether oxygens (including phenoxy) is 1. The van der Waals surface area contributed by atoms with Gasteiger partial charge in [0.15, 0.2) is 5.78 Å². The molecule has 0 radical (unpaired) electrons. The normalized spacial score (nSPS) is 18.0. The van der Waals surface area contributed by atoms with Crippen LogP contribution in [-0.4, -0.2) is 44.4 Å². The summed E-state index contributed by atoms with van der Waals surface area (Å²) >= 11 is 0. The molecule has 1 aliphatic rings. The number of hydrogen-bond donors (Lipinski definition) is 2. The first-order valence-corrected chi connectivity index (χ1v) is 9.10. The van der Waals surface area contributed by atoms with Crippen molar-refractivity contribution in [2.75, 3.05) is 0 Å². The Hall–Kier alpha value is -3.49. The van der Waals surface area contributed by atoms with Crippen LogP contribution in [0.25, 0.3) is 11.1 Å². The van der Waals surface area contributed by atoms with Crippen LogP contribution in [0.15, 0.2) is 51.0 Å². The zero-order valence-corrected chi connectivity index (χ0v) is 16.6.